The van der Waals surface area contributed by atoms with Crippen LogP contribution in [-0.2, 0) is 22.6 Å². The van der Waals surface area contributed by atoms with Crippen LogP contribution in [0.2, 0.25) is 0 Å². The fourth-order valence-corrected chi connectivity index (χ4v) is 3.42. The lowest BCUT2D eigenvalue weighted by atomic mass is 10.0. The van der Waals surface area contributed by atoms with Gasteiger partial charge >= 0.3 is 5.97 Å². The Morgan fingerprint density at radius 2 is 1.89 bits per heavy atom. The van der Waals surface area contributed by atoms with Crippen LogP contribution in [0.5, 0.6) is 0 Å². The van der Waals surface area contributed by atoms with Crippen molar-refractivity contribution in [3.8, 4) is 0 Å². The lowest BCUT2D eigenvalue weighted by Crippen LogP contribution is -2.34. The average Bonchev–Trinajstić information content (AvgIpc) is 2.68. The topological polar surface area (TPSA) is 86.7 Å². The molecule has 6 heteroatoms. The predicted molar refractivity (Wildman–Crippen MR) is 106 cm³/mol. The molecule has 0 spiro atoms. The van der Waals surface area contributed by atoms with E-state index in [1.807, 2.05) is 29.2 Å². The van der Waals surface area contributed by atoms with Gasteiger partial charge in [0.25, 0.3) is 0 Å². The van der Waals surface area contributed by atoms with Gasteiger partial charge in [0.1, 0.15) is 0 Å². The maximum Gasteiger partial charge on any atom is 0.335 e. The number of likely N-dealkylation sites (tertiary alicyclic amines) is 1. The molecule has 0 saturated carbocycles. The molecule has 0 bridgehead atoms. The number of nitrogens with zero attached hydrogens (tertiary/aromatic N) is 1. The summed E-state index contributed by atoms with van der Waals surface area (Å²) >= 11 is 0. The van der Waals surface area contributed by atoms with E-state index in [1.54, 1.807) is 24.3 Å². The van der Waals surface area contributed by atoms with Gasteiger partial charge in [0.2, 0.25) is 11.8 Å². The Kier molecular flexibility index (Phi) is 6.42. The van der Waals surface area contributed by atoms with E-state index in [0.29, 0.717) is 30.6 Å². The number of benzene rings is 2. The van der Waals surface area contributed by atoms with Gasteiger partial charge in [-0.2, -0.15) is 0 Å². The quantitative estimate of drug-likeness (QED) is 0.770. The van der Waals surface area contributed by atoms with E-state index in [2.05, 4.69) is 5.32 Å². The Labute approximate surface area is 164 Å². The number of carboxylic acids is 1. The van der Waals surface area contributed by atoms with Gasteiger partial charge in [0, 0.05) is 31.6 Å². The third-order valence-corrected chi connectivity index (χ3v) is 4.87. The third-order valence-electron chi connectivity index (χ3n) is 4.87. The Morgan fingerprint density at radius 1 is 1.07 bits per heavy atom. The first-order valence-electron chi connectivity index (χ1n) is 9.50. The molecule has 2 aromatic rings. The summed E-state index contributed by atoms with van der Waals surface area (Å²) in [6.07, 6.45) is 3.14. The van der Waals surface area contributed by atoms with Crippen LogP contribution >= 0.6 is 0 Å². The molecule has 0 aromatic heterocycles. The van der Waals surface area contributed by atoms with Crippen molar-refractivity contribution in [2.75, 3.05) is 11.9 Å². The van der Waals surface area contributed by atoms with Gasteiger partial charge in [0.05, 0.1) is 5.56 Å². The van der Waals surface area contributed by atoms with Crippen LogP contribution in [0.15, 0.2) is 48.5 Å². The fraction of sp³-hybridized carbons (Fsp3) is 0.318. The molecule has 2 amide bonds. The number of hydrogen-bond donors (Lipinski definition) is 2. The van der Waals surface area contributed by atoms with Crippen molar-refractivity contribution < 1.29 is 19.5 Å². The van der Waals surface area contributed by atoms with Crippen LogP contribution < -0.4 is 5.32 Å². The summed E-state index contributed by atoms with van der Waals surface area (Å²) in [4.78, 5) is 37.4. The summed E-state index contributed by atoms with van der Waals surface area (Å²) in [7, 11) is 0. The molecule has 2 N–H and O–H groups in total. The van der Waals surface area contributed by atoms with Crippen molar-refractivity contribution in [1.29, 1.82) is 0 Å². The highest BCUT2D eigenvalue weighted by molar-refractivity contribution is 5.92. The molecule has 1 saturated heterocycles. The van der Waals surface area contributed by atoms with Crippen molar-refractivity contribution in [3.05, 3.63) is 65.2 Å². The van der Waals surface area contributed by atoms with Gasteiger partial charge in [-0.3, -0.25) is 9.59 Å². The van der Waals surface area contributed by atoms with Crippen molar-refractivity contribution in [2.45, 2.75) is 38.6 Å². The van der Waals surface area contributed by atoms with Crippen molar-refractivity contribution >= 4 is 23.5 Å². The number of rotatable bonds is 7. The van der Waals surface area contributed by atoms with Gasteiger partial charge in [-0.1, -0.05) is 30.3 Å². The van der Waals surface area contributed by atoms with Crippen LogP contribution in [0.4, 0.5) is 5.69 Å². The fourth-order valence-electron chi connectivity index (χ4n) is 3.42. The molecule has 0 atom stereocenters. The maximum atomic E-state index is 12.3. The Balaban J connectivity index is 1.57. The highest BCUT2D eigenvalue weighted by Crippen LogP contribution is 2.18. The van der Waals surface area contributed by atoms with Crippen molar-refractivity contribution in [2.24, 2.45) is 0 Å². The van der Waals surface area contributed by atoms with E-state index in [1.165, 1.54) is 0 Å². The normalized spacial score (nSPS) is 14.0. The average molecular weight is 380 g/mol. The number of nitrogens with one attached hydrogen (secondary N) is 1. The van der Waals surface area contributed by atoms with Crippen LogP contribution in [0.25, 0.3) is 0 Å². The Hall–Kier alpha value is -3.15. The number of piperidine rings is 1. The number of aryl methyl sites for hydroxylation is 1. The van der Waals surface area contributed by atoms with Crippen molar-refractivity contribution in [1.82, 2.24) is 4.90 Å². The Bertz CT molecular complexity index is 878. The molecule has 1 aliphatic rings. The lowest BCUT2D eigenvalue weighted by molar-refractivity contribution is -0.133. The highest BCUT2D eigenvalue weighted by atomic mass is 16.4. The molecule has 0 aliphatic carbocycles. The van der Waals surface area contributed by atoms with Crippen LogP contribution in [0.3, 0.4) is 0 Å². The van der Waals surface area contributed by atoms with Gasteiger partial charge in [-0.25, -0.2) is 4.79 Å². The second kappa shape index (κ2) is 9.17. The second-order valence-electron chi connectivity index (χ2n) is 6.98. The standard InChI is InChI=1S/C22H24N2O4/c25-20(12-11-17-7-1-2-9-19(17)22(27)28)23-18-8-5-6-16(14-18)15-24-13-4-3-10-21(24)26/h1-2,5-9,14H,3-4,10-13,15H2,(H,23,25)(H,27,28). The minimum atomic E-state index is -0.990. The molecule has 3 rings (SSSR count). The first kappa shape index (κ1) is 19.6. The molecule has 2 aromatic carbocycles. The summed E-state index contributed by atoms with van der Waals surface area (Å²) < 4.78 is 0. The number of carbonyl (C=O) groups is 3. The minimum Gasteiger partial charge on any atom is -0.478 e. The number of amides is 2. The van der Waals surface area contributed by atoms with E-state index in [0.717, 1.165) is 24.9 Å². The molecule has 1 aliphatic heterocycles. The predicted octanol–water partition coefficient (Wildman–Crippen LogP) is 3.47. The minimum absolute atomic E-state index is 0.175. The van der Waals surface area contributed by atoms with E-state index in [9.17, 15) is 19.5 Å². The Morgan fingerprint density at radius 3 is 2.68 bits per heavy atom. The number of anilines is 1. The summed E-state index contributed by atoms with van der Waals surface area (Å²) in [5, 5.41) is 12.1. The molecule has 0 unspecified atom stereocenters. The van der Waals surface area contributed by atoms with Crippen molar-refractivity contribution in [3.63, 3.8) is 0 Å². The number of hydrogen-bond acceptors (Lipinski definition) is 3. The van der Waals surface area contributed by atoms with Gasteiger partial charge in [-0.15, -0.1) is 0 Å². The number of aromatic carboxylic acids is 1. The van der Waals surface area contributed by atoms with Crippen LogP contribution in [0.1, 0.15) is 47.2 Å². The summed E-state index contributed by atoms with van der Waals surface area (Å²) in [5.74, 6) is -0.986. The zero-order valence-electron chi connectivity index (χ0n) is 15.7. The summed E-state index contributed by atoms with van der Waals surface area (Å²) in [5.41, 5.74) is 2.52. The molecule has 28 heavy (non-hydrogen) atoms. The van der Waals surface area contributed by atoms with E-state index in [4.69, 9.17) is 0 Å². The molecule has 1 fully saturated rings. The third kappa shape index (κ3) is 5.19. The van der Waals surface area contributed by atoms with Gasteiger partial charge in [-0.05, 0) is 48.6 Å². The maximum absolute atomic E-state index is 12.3. The number of carbonyl (C=O) groups excluding carboxylic acids is 2. The highest BCUT2D eigenvalue weighted by Gasteiger charge is 2.18. The summed E-state index contributed by atoms with van der Waals surface area (Å²) in [6, 6.07) is 14.2. The number of carboxylic acid groups (broad SMARTS) is 1. The zero-order valence-corrected chi connectivity index (χ0v) is 15.7. The smallest absolute Gasteiger partial charge is 0.335 e. The molecular formula is C22H24N2O4. The van der Waals surface area contributed by atoms with Crippen LogP contribution in [0, 0.1) is 0 Å². The lowest BCUT2D eigenvalue weighted by Gasteiger charge is -2.26. The monoisotopic (exact) mass is 380 g/mol. The van der Waals surface area contributed by atoms with Crippen LogP contribution in [-0.4, -0.2) is 34.3 Å². The zero-order chi connectivity index (χ0) is 19.9. The van der Waals surface area contributed by atoms with E-state index < -0.39 is 5.97 Å². The molecule has 6 nitrogen and oxygen atoms in total. The van der Waals surface area contributed by atoms with E-state index >= 15 is 0 Å². The SMILES string of the molecule is O=C(CCc1ccccc1C(=O)O)Nc1cccc(CN2CCCCC2=O)c1. The second-order valence-corrected chi connectivity index (χ2v) is 6.98. The van der Waals surface area contributed by atoms with Gasteiger partial charge < -0.3 is 15.3 Å². The largest absolute Gasteiger partial charge is 0.478 e. The van der Waals surface area contributed by atoms with E-state index in [-0.39, 0.29) is 23.8 Å². The van der Waals surface area contributed by atoms with Gasteiger partial charge in [0.15, 0.2) is 0 Å². The molecule has 1 heterocycles. The first-order chi connectivity index (χ1) is 13.5. The molecular weight excluding hydrogens is 356 g/mol. The molecule has 0 radical (unpaired) electrons. The first-order valence-corrected chi connectivity index (χ1v) is 9.50. The molecule has 146 valence electrons. The summed E-state index contributed by atoms with van der Waals surface area (Å²) in [6.45, 7) is 1.33.